The standard InChI is InChI=1S/C15H17FO4/c1-2-20-14(18)15(10-19-7-6-13(15)17)9-11-4-3-5-12(16)8-11/h3-5,8H,2,6-7,9-10H2,1H3. The number of Topliss-reactive ketones (excluding diaryl/α,β-unsaturated/α-hetero) is 1. The summed E-state index contributed by atoms with van der Waals surface area (Å²) in [6.45, 7) is 2.17. The molecule has 1 saturated heterocycles. The molecule has 108 valence electrons. The molecule has 1 aliphatic heterocycles. The number of hydrogen-bond donors (Lipinski definition) is 0. The summed E-state index contributed by atoms with van der Waals surface area (Å²) in [5, 5.41) is 0. The smallest absolute Gasteiger partial charge is 0.322 e. The van der Waals surface area contributed by atoms with Gasteiger partial charge in [0.05, 0.1) is 19.8 Å². The first kappa shape index (κ1) is 14.7. The maximum Gasteiger partial charge on any atom is 0.322 e. The minimum absolute atomic E-state index is 0.0127. The van der Waals surface area contributed by atoms with E-state index in [0.717, 1.165) is 0 Å². The Hall–Kier alpha value is -1.75. The van der Waals surface area contributed by atoms with Gasteiger partial charge >= 0.3 is 5.97 Å². The molecule has 0 aromatic heterocycles. The SMILES string of the molecule is CCOC(=O)C1(Cc2cccc(F)c2)COCCC1=O. The molecule has 1 fully saturated rings. The van der Waals surface area contributed by atoms with Gasteiger partial charge in [-0.2, -0.15) is 0 Å². The molecule has 1 aliphatic rings. The van der Waals surface area contributed by atoms with Crippen LogP contribution in [0.5, 0.6) is 0 Å². The summed E-state index contributed by atoms with van der Waals surface area (Å²) in [6.07, 6.45) is 0.274. The zero-order valence-electron chi connectivity index (χ0n) is 11.4. The van der Waals surface area contributed by atoms with Crippen molar-refractivity contribution in [2.45, 2.75) is 19.8 Å². The van der Waals surface area contributed by atoms with Crippen LogP contribution in [0.4, 0.5) is 4.39 Å². The van der Waals surface area contributed by atoms with E-state index in [4.69, 9.17) is 9.47 Å². The van der Waals surface area contributed by atoms with Gasteiger partial charge in [0.15, 0.2) is 11.2 Å². The lowest BCUT2D eigenvalue weighted by Gasteiger charge is -2.33. The Bertz CT molecular complexity index is 514. The fraction of sp³-hybridized carbons (Fsp3) is 0.467. The van der Waals surface area contributed by atoms with Gasteiger partial charge in [-0.25, -0.2) is 4.39 Å². The highest BCUT2D eigenvalue weighted by molar-refractivity contribution is 6.04. The third-order valence-corrected chi connectivity index (χ3v) is 3.42. The van der Waals surface area contributed by atoms with E-state index >= 15 is 0 Å². The second-order valence-corrected chi connectivity index (χ2v) is 4.84. The van der Waals surface area contributed by atoms with E-state index < -0.39 is 17.2 Å². The lowest BCUT2D eigenvalue weighted by atomic mass is 9.76. The zero-order chi connectivity index (χ0) is 14.6. The first-order valence-electron chi connectivity index (χ1n) is 6.61. The van der Waals surface area contributed by atoms with Gasteiger partial charge in [-0.3, -0.25) is 9.59 Å². The first-order valence-corrected chi connectivity index (χ1v) is 6.61. The van der Waals surface area contributed by atoms with Crippen LogP contribution in [0.15, 0.2) is 24.3 Å². The van der Waals surface area contributed by atoms with E-state index in [2.05, 4.69) is 0 Å². The van der Waals surface area contributed by atoms with Gasteiger partial charge < -0.3 is 9.47 Å². The summed E-state index contributed by atoms with van der Waals surface area (Å²) < 4.78 is 23.6. The van der Waals surface area contributed by atoms with Crippen LogP contribution in [0.2, 0.25) is 0 Å². The number of halogens is 1. The van der Waals surface area contributed by atoms with E-state index in [1.165, 1.54) is 12.1 Å². The van der Waals surface area contributed by atoms with E-state index in [-0.39, 0.29) is 31.8 Å². The molecule has 0 aliphatic carbocycles. The summed E-state index contributed by atoms with van der Waals surface area (Å²) >= 11 is 0. The van der Waals surface area contributed by atoms with Gasteiger partial charge in [0.2, 0.25) is 0 Å². The molecule has 0 radical (unpaired) electrons. The molecule has 1 aromatic rings. The van der Waals surface area contributed by atoms with E-state index in [0.29, 0.717) is 12.2 Å². The van der Waals surface area contributed by atoms with Crippen molar-refractivity contribution >= 4 is 11.8 Å². The third kappa shape index (κ3) is 2.88. The predicted octanol–water partition coefficient (Wildman–Crippen LogP) is 1.91. The van der Waals surface area contributed by atoms with Gasteiger partial charge in [-0.15, -0.1) is 0 Å². The van der Waals surface area contributed by atoms with E-state index in [9.17, 15) is 14.0 Å². The van der Waals surface area contributed by atoms with Crippen molar-refractivity contribution in [1.29, 1.82) is 0 Å². The van der Waals surface area contributed by atoms with Crippen LogP contribution in [0.3, 0.4) is 0 Å². The van der Waals surface area contributed by atoms with Crippen LogP contribution in [0.25, 0.3) is 0 Å². The van der Waals surface area contributed by atoms with Crippen molar-refractivity contribution in [1.82, 2.24) is 0 Å². The van der Waals surface area contributed by atoms with Gasteiger partial charge in [0.25, 0.3) is 0 Å². The van der Waals surface area contributed by atoms with Crippen molar-refractivity contribution in [3.63, 3.8) is 0 Å². The van der Waals surface area contributed by atoms with Crippen LogP contribution in [0, 0.1) is 11.2 Å². The number of carbonyl (C=O) groups is 2. The number of carbonyl (C=O) groups excluding carboxylic acids is 2. The van der Waals surface area contributed by atoms with Crippen molar-refractivity contribution in [2.24, 2.45) is 5.41 Å². The lowest BCUT2D eigenvalue weighted by molar-refractivity contribution is -0.169. The van der Waals surface area contributed by atoms with Crippen LogP contribution in [-0.2, 0) is 25.5 Å². The third-order valence-electron chi connectivity index (χ3n) is 3.42. The zero-order valence-corrected chi connectivity index (χ0v) is 11.4. The van der Waals surface area contributed by atoms with Crippen LogP contribution >= 0.6 is 0 Å². The maximum atomic E-state index is 13.3. The molecule has 0 N–H and O–H groups in total. The molecule has 0 bridgehead atoms. The predicted molar refractivity (Wildman–Crippen MR) is 69.6 cm³/mol. The Kier molecular flexibility index (Phi) is 4.49. The molecular formula is C15H17FO4. The minimum Gasteiger partial charge on any atom is -0.465 e. The summed E-state index contributed by atoms with van der Waals surface area (Å²) in [5.74, 6) is -1.19. The summed E-state index contributed by atoms with van der Waals surface area (Å²) in [5.41, 5.74) is -0.765. The number of benzene rings is 1. The minimum atomic E-state index is -1.35. The van der Waals surface area contributed by atoms with Crippen LogP contribution < -0.4 is 0 Å². The Morgan fingerprint density at radius 1 is 1.50 bits per heavy atom. The van der Waals surface area contributed by atoms with Crippen molar-refractivity contribution in [2.75, 3.05) is 19.8 Å². The van der Waals surface area contributed by atoms with Crippen molar-refractivity contribution < 1.29 is 23.5 Å². The molecule has 1 atom stereocenters. The Morgan fingerprint density at radius 3 is 2.95 bits per heavy atom. The quantitative estimate of drug-likeness (QED) is 0.624. The first-order chi connectivity index (χ1) is 9.58. The molecule has 2 rings (SSSR count). The largest absolute Gasteiger partial charge is 0.465 e. The molecule has 1 aromatic carbocycles. The molecule has 4 nitrogen and oxygen atoms in total. The fourth-order valence-corrected chi connectivity index (χ4v) is 2.39. The number of hydrogen-bond acceptors (Lipinski definition) is 4. The molecular weight excluding hydrogens is 263 g/mol. The highest BCUT2D eigenvalue weighted by atomic mass is 19.1. The summed E-state index contributed by atoms with van der Waals surface area (Å²) in [7, 11) is 0. The maximum absolute atomic E-state index is 13.3. The summed E-state index contributed by atoms with van der Waals surface area (Å²) in [4.78, 5) is 24.5. The second kappa shape index (κ2) is 6.13. The van der Waals surface area contributed by atoms with Crippen molar-refractivity contribution in [3.05, 3.63) is 35.6 Å². The number of ketones is 1. The van der Waals surface area contributed by atoms with Crippen LogP contribution in [-0.4, -0.2) is 31.6 Å². The molecule has 0 amide bonds. The van der Waals surface area contributed by atoms with Crippen molar-refractivity contribution in [3.8, 4) is 0 Å². The van der Waals surface area contributed by atoms with Gasteiger partial charge in [0, 0.05) is 6.42 Å². The monoisotopic (exact) mass is 280 g/mol. The van der Waals surface area contributed by atoms with Gasteiger partial charge in [-0.05, 0) is 31.0 Å². The van der Waals surface area contributed by atoms with Gasteiger partial charge in [0.1, 0.15) is 5.82 Å². The average Bonchev–Trinajstić information content (AvgIpc) is 2.42. The second-order valence-electron chi connectivity index (χ2n) is 4.84. The molecule has 0 saturated carbocycles. The Morgan fingerprint density at radius 2 is 2.30 bits per heavy atom. The lowest BCUT2D eigenvalue weighted by Crippen LogP contribution is -2.49. The van der Waals surface area contributed by atoms with E-state index in [1.807, 2.05) is 0 Å². The molecule has 20 heavy (non-hydrogen) atoms. The Labute approximate surface area is 116 Å². The summed E-state index contributed by atoms with van der Waals surface area (Å²) in [6, 6.07) is 5.88. The molecule has 1 unspecified atom stereocenters. The normalized spacial score (nSPS) is 22.6. The Balaban J connectivity index is 2.31. The highest BCUT2D eigenvalue weighted by Crippen LogP contribution is 2.31. The molecule has 0 spiro atoms. The van der Waals surface area contributed by atoms with Crippen LogP contribution in [0.1, 0.15) is 18.9 Å². The molecule has 1 heterocycles. The van der Waals surface area contributed by atoms with Gasteiger partial charge in [-0.1, -0.05) is 12.1 Å². The number of ether oxygens (including phenoxy) is 2. The fourth-order valence-electron chi connectivity index (χ4n) is 2.39. The van der Waals surface area contributed by atoms with E-state index in [1.54, 1.807) is 19.1 Å². The average molecular weight is 280 g/mol. The number of rotatable bonds is 4. The highest BCUT2D eigenvalue weighted by Gasteiger charge is 2.49. The topological polar surface area (TPSA) is 52.6 Å². The number of esters is 1. The molecule has 5 heteroatoms.